The van der Waals surface area contributed by atoms with Gasteiger partial charge >= 0.3 is 5.92 Å². The molecule has 1 fully saturated rings. The number of benzene rings is 2. The highest BCUT2D eigenvalue weighted by atomic mass is 35.5. The summed E-state index contributed by atoms with van der Waals surface area (Å²) >= 11 is 5.71. The number of amides is 3. The molecule has 2 aromatic rings. The van der Waals surface area contributed by atoms with Crippen molar-refractivity contribution in [1.82, 2.24) is 10.2 Å². The van der Waals surface area contributed by atoms with E-state index in [-0.39, 0.29) is 28.9 Å². The summed E-state index contributed by atoms with van der Waals surface area (Å²) in [6.07, 6.45) is -4.42. The minimum Gasteiger partial charge on any atom is -0.322 e. The molecule has 32 heavy (non-hydrogen) atoms. The van der Waals surface area contributed by atoms with Crippen molar-refractivity contribution in [2.24, 2.45) is 0 Å². The summed E-state index contributed by atoms with van der Waals surface area (Å²) < 4.78 is 61.1. The zero-order valence-corrected chi connectivity index (χ0v) is 17.2. The van der Waals surface area contributed by atoms with Gasteiger partial charge in [0, 0.05) is 38.3 Å². The van der Waals surface area contributed by atoms with E-state index >= 15 is 0 Å². The molecule has 6 nitrogen and oxygen atoms in total. The lowest BCUT2D eigenvalue weighted by Crippen LogP contribution is -2.52. The van der Waals surface area contributed by atoms with Crippen LogP contribution in [0.4, 0.5) is 8.78 Å². The largest absolute Gasteiger partial charge is 0.330 e. The third-order valence-corrected chi connectivity index (χ3v) is 5.53. The Morgan fingerprint density at radius 1 is 1.25 bits per heavy atom. The van der Waals surface area contributed by atoms with E-state index in [1.807, 2.05) is 0 Å². The van der Waals surface area contributed by atoms with Crippen molar-refractivity contribution in [3.63, 3.8) is 0 Å². The van der Waals surface area contributed by atoms with E-state index in [1.54, 1.807) is 0 Å². The minimum atomic E-state index is -3.72. The third kappa shape index (κ3) is 4.14. The van der Waals surface area contributed by atoms with Crippen LogP contribution in [0.2, 0.25) is 6.43 Å². The number of Topliss-reactive ketones (excluding diaryl/α,β-unsaturated/α-hetero) is 1. The van der Waals surface area contributed by atoms with E-state index in [4.69, 9.17) is 17.1 Å². The first-order chi connectivity index (χ1) is 16.8. The first kappa shape index (κ1) is 17.4. The molecule has 1 N–H and O–H groups in total. The molecule has 2 aromatic carbocycles. The minimum absolute atomic E-state index is 0.0701. The molecule has 0 aliphatic carbocycles. The highest BCUT2D eigenvalue weighted by molar-refractivity contribution is 6.30. The molecule has 0 aromatic heterocycles. The number of carbonyl (C=O) groups excluding carboxylic acids is 4. The smallest absolute Gasteiger partial charge is 0.322 e. The molecule has 1 saturated heterocycles. The number of ketones is 1. The topological polar surface area (TPSA) is 83.6 Å². The zero-order chi connectivity index (χ0) is 26.6. The SMILES string of the molecule is [2H]C1C(=O)N([2H])C(=O)[C@]([2H])(N2Cc3cc(CCC(=O)C(F)(F)c4ccc(Cl)cc4)ccc3C2=O)C1[2H]. The standard InChI is InChI=1S/C23H19ClF2N2O4/c24-16-5-3-15(4-6-16)23(25,26)19(29)9-2-13-1-7-17-14(11-13)12-28(22(17)32)18-8-10-20(30)27-21(18)31/h1,3-7,11,18H,2,8-10,12H2,(H,27,30,31)/t18-/m1/s1/i8D,10D,18D/hD/t8?,10?,18-. The summed E-state index contributed by atoms with van der Waals surface area (Å²) in [5.41, 5.74) is 0.398. The van der Waals surface area contributed by atoms with Crippen LogP contribution in [0.15, 0.2) is 42.5 Å². The Morgan fingerprint density at radius 3 is 2.69 bits per heavy atom. The van der Waals surface area contributed by atoms with Crippen LogP contribution < -0.4 is 5.31 Å². The fraction of sp³-hybridized carbons (Fsp3) is 0.304. The zero-order valence-electron chi connectivity index (χ0n) is 20.5. The van der Waals surface area contributed by atoms with Crippen LogP contribution in [-0.2, 0) is 33.3 Å². The molecular weight excluding hydrogens is 442 g/mol. The first-order valence-electron chi connectivity index (χ1n) is 11.7. The van der Waals surface area contributed by atoms with Gasteiger partial charge in [0.1, 0.15) is 6.02 Å². The van der Waals surface area contributed by atoms with E-state index < -0.39 is 60.2 Å². The maximum Gasteiger partial charge on any atom is 0.330 e. The number of imide groups is 1. The van der Waals surface area contributed by atoms with Gasteiger partial charge in [0.05, 0.1) is 1.37 Å². The number of aryl methyl sites for hydroxylation is 1. The molecule has 0 saturated carbocycles. The third-order valence-electron chi connectivity index (χ3n) is 5.28. The molecule has 4 rings (SSSR count). The van der Waals surface area contributed by atoms with E-state index in [0.29, 0.717) is 11.1 Å². The number of nitrogens with zero attached hydrogens (tertiary/aromatic N) is 1. The van der Waals surface area contributed by atoms with Gasteiger partial charge in [-0.25, -0.2) is 0 Å². The number of rotatable bonds is 6. The Morgan fingerprint density at radius 2 is 1.97 bits per heavy atom. The van der Waals surface area contributed by atoms with Crippen LogP contribution in [0.3, 0.4) is 0 Å². The van der Waals surface area contributed by atoms with Crippen molar-refractivity contribution in [3.8, 4) is 0 Å². The highest BCUT2D eigenvalue weighted by Crippen LogP contribution is 2.32. The molecule has 0 radical (unpaired) electrons. The summed E-state index contributed by atoms with van der Waals surface area (Å²) in [4.78, 5) is 50.4. The maximum atomic E-state index is 14.5. The fourth-order valence-corrected chi connectivity index (χ4v) is 3.71. The molecular formula is C23H19ClF2N2O4. The van der Waals surface area contributed by atoms with Crippen LogP contribution in [0, 0.1) is 0 Å². The average Bonchev–Trinajstić information content (AvgIpc) is 3.19. The number of hydrogen-bond donors (Lipinski definition) is 1. The number of hydrogen-bond acceptors (Lipinski definition) is 4. The summed E-state index contributed by atoms with van der Waals surface area (Å²) in [5, 5.41) is 0.0919. The first-order valence-corrected chi connectivity index (χ1v) is 10.0. The lowest BCUT2D eigenvalue weighted by molar-refractivity contribution is -0.144. The van der Waals surface area contributed by atoms with Crippen LogP contribution in [0.5, 0.6) is 0 Å². The van der Waals surface area contributed by atoms with Crippen molar-refractivity contribution in [2.45, 2.75) is 44.1 Å². The Labute approximate surface area is 193 Å². The van der Waals surface area contributed by atoms with E-state index in [0.717, 1.165) is 17.0 Å². The van der Waals surface area contributed by atoms with Crippen LogP contribution in [-0.4, -0.2) is 34.4 Å². The van der Waals surface area contributed by atoms with Gasteiger partial charge in [-0.1, -0.05) is 35.9 Å². The lowest BCUT2D eigenvalue weighted by atomic mass is 9.97. The van der Waals surface area contributed by atoms with Gasteiger partial charge in [-0.2, -0.15) is 8.78 Å². The number of nitrogens with one attached hydrogen (secondary N) is 1. The number of alkyl halides is 2. The quantitative estimate of drug-likeness (QED) is 0.664. The Balaban J connectivity index is 1.51. The molecule has 166 valence electrons. The maximum absolute atomic E-state index is 14.5. The predicted molar refractivity (Wildman–Crippen MR) is 111 cm³/mol. The van der Waals surface area contributed by atoms with Crippen LogP contribution >= 0.6 is 11.6 Å². The lowest BCUT2D eigenvalue weighted by Gasteiger charge is -2.29. The van der Waals surface area contributed by atoms with Gasteiger partial charge in [0.15, 0.2) is 1.41 Å². The second kappa shape index (κ2) is 8.43. The molecule has 0 spiro atoms. The molecule has 0 bridgehead atoms. The van der Waals surface area contributed by atoms with E-state index in [9.17, 15) is 28.0 Å². The van der Waals surface area contributed by atoms with Gasteiger partial charge in [-0.3, -0.25) is 24.5 Å². The van der Waals surface area contributed by atoms with Crippen LogP contribution in [0.25, 0.3) is 0 Å². The second-order valence-corrected chi connectivity index (χ2v) is 7.80. The average molecular weight is 465 g/mol. The summed E-state index contributed by atoms with van der Waals surface area (Å²) in [6, 6.07) is 6.31. The number of piperidine rings is 1. The second-order valence-electron chi connectivity index (χ2n) is 7.36. The van der Waals surface area contributed by atoms with Crippen molar-refractivity contribution in [2.75, 3.05) is 0 Å². The molecule has 2 heterocycles. The molecule has 2 aliphatic rings. The van der Waals surface area contributed by atoms with Gasteiger partial charge in [0.2, 0.25) is 17.6 Å². The van der Waals surface area contributed by atoms with Crippen LogP contribution in [0.1, 0.15) is 50.4 Å². The normalized spacial score (nSPS) is 27.5. The highest BCUT2D eigenvalue weighted by Gasteiger charge is 2.41. The van der Waals surface area contributed by atoms with Crippen molar-refractivity contribution in [1.29, 1.82) is 0 Å². The Bertz CT molecular complexity index is 1280. The molecule has 3 amide bonds. The van der Waals surface area contributed by atoms with Crippen molar-refractivity contribution < 1.29 is 33.5 Å². The number of halogens is 3. The number of carbonyl (C=O) groups is 4. The summed E-state index contributed by atoms with van der Waals surface area (Å²) in [7, 11) is 0. The molecule has 2 aliphatic heterocycles. The van der Waals surface area contributed by atoms with Crippen molar-refractivity contribution in [3.05, 3.63) is 69.7 Å². The summed E-state index contributed by atoms with van der Waals surface area (Å²) in [6.45, 7) is -0.323. The van der Waals surface area contributed by atoms with E-state index in [1.165, 1.54) is 30.3 Å². The Hall–Kier alpha value is -3.13. The van der Waals surface area contributed by atoms with E-state index in [2.05, 4.69) is 0 Å². The fourth-order valence-electron chi connectivity index (χ4n) is 3.58. The number of fused-ring (bicyclic) bond motifs is 1. The predicted octanol–water partition coefficient (Wildman–Crippen LogP) is 3.39. The van der Waals surface area contributed by atoms with Gasteiger partial charge < -0.3 is 4.90 Å². The molecule has 2 unspecified atom stereocenters. The van der Waals surface area contributed by atoms with Gasteiger partial charge in [-0.05, 0) is 42.1 Å². The van der Waals surface area contributed by atoms with Gasteiger partial charge in [0.25, 0.3) is 5.91 Å². The summed E-state index contributed by atoms with van der Waals surface area (Å²) in [5.74, 6) is -8.48. The molecule has 3 atom stereocenters. The molecule has 9 heteroatoms. The van der Waals surface area contributed by atoms with Gasteiger partial charge in [-0.15, -0.1) is 0 Å². The monoisotopic (exact) mass is 464 g/mol. The van der Waals surface area contributed by atoms with Crippen molar-refractivity contribution >= 4 is 35.1 Å². The Kier molecular flexibility index (Phi) is 4.59.